The maximum Gasteiger partial charge on any atom is 0.0583 e. The minimum atomic E-state index is -0.114. The number of aliphatic hydroxyl groups is 1. The quantitative estimate of drug-likeness (QED) is 0.763. The number of para-hydroxylation sites is 1. The molecule has 0 saturated carbocycles. The molecule has 15 heavy (non-hydrogen) atoms. The van der Waals surface area contributed by atoms with Crippen molar-refractivity contribution in [2.75, 3.05) is 25.1 Å². The lowest BCUT2D eigenvalue weighted by molar-refractivity contribution is 0.261. The van der Waals surface area contributed by atoms with Crippen LogP contribution in [0, 0.1) is 6.92 Å². The fourth-order valence-corrected chi connectivity index (χ4v) is 1.56. The third-order valence-electron chi connectivity index (χ3n) is 2.60. The summed E-state index contributed by atoms with van der Waals surface area (Å²) < 4.78 is 0. The molecule has 0 heterocycles. The normalized spacial score (nSPS) is 12.5. The summed E-state index contributed by atoms with van der Waals surface area (Å²) in [4.78, 5) is 2.17. The molecule has 3 nitrogen and oxygen atoms in total. The average molecular weight is 208 g/mol. The number of aryl methyl sites for hydroxylation is 1. The van der Waals surface area contributed by atoms with Gasteiger partial charge in [-0.25, -0.2) is 0 Å². The van der Waals surface area contributed by atoms with Gasteiger partial charge in [0.25, 0.3) is 0 Å². The summed E-state index contributed by atoms with van der Waals surface area (Å²) in [5, 5.41) is 8.83. The Kier molecular flexibility index (Phi) is 4.59. The zero-order valence-electron chi connectivity index (χ0n) is 9.48. The van der Waals surface area contributed by atoms with Gasteiger partial charge in [-0.05, 0) is 25.0 Å². The molecule has 3 N–H and O–H groups in total. The molecule has 1 unspecified atom stereocenters. The first-order chi connectivity index (χ1) is 7.15. The minimum Gasteiger partial charge on any atom is -0.395 e. The first-order valence-electron chi connectivity index (χ1n) is 5.28. The van der Waals surface area contributed by atoms with Gasteiger partial charge in [-0.3, -0.25) is 0 Å². The molecule has 0 bridgehead atoms. The van der Waals surface area contributed by atoms with Crippen molar-refractivity contribution in [2.24, 2.45) is 5.73 Å². The summed E-state index contributed by atoms with van der Waals surface area (Å²) in [6.07, 6.45) is 0.807. The summed E-state index contributed by atoms with van der Waals surface area (Å²) in [5.74, 6) is 0. The van der Waals surface area contributed by atoms with Crippen LogP contribution in [-0.2, 0) is 0 Å². The molecule has 0 radical (unpaired) electrons. The van der Waals surface area contributed by atoms with Crippen LogP contribution < -0.4 is 10.6 Å². The van der Waals surface area contributed by atoms with Crippen LogP contribution in [0.1, 0.15) is 12.0 Å². The van der Waals surface area contributed by atoms with E-state index in [0.29, 0.717) is 0 Å². The van der Waals surface area contributed by atoms with Gasteiger partial charge in [0.05, 0.1) is 6.61 Å². The first kappa shape index (κ1) is 12.0. The SMILES string of the molecule is Cc1ccccc1N(C)CCC(N)CO. The molecule has 1 aromatic carbocycles. The Morgan fingerprint density at radius 2 is 2.07 bits per heavy atom. The molecular formula is C12H20N2O. The van der Waals surface area contributed by atoms with Gasteiger partial charge in [-0.1, -0.05) is 18.2 Å². The Bertz CT molecular complexity index is 301. The lowest BCUT2D eigenvalue weighted by Gasteiger charge is -2.22. The van der Waals surface area contributed by atoms with Crippen molar-refractivity contribution in [3.8, 4) is 0 Å². The average Bonchev–Trinajstić information content (AvgIpc) is 2.26. The van der Waals surface area contributed by atoms with Gasteiger partial charge in [0.2, 0.25) is 0 Å². The molecule has 0 aliphatic heterocycles. The number of hydrogen-bond donors (Lipinski definition) is 2. The lowest BCUT2D eigenvalue weighted by Crippen LogP contribution is -2.30. The maximum absolute atomic E-state index is 8.83. The Balaban J connectivity index is 2.54. The lowest BCUT2D eigenvalue weighted by atomic mass is 10.1. The van der Waals surface area contributed by atoms with Crippen LogP contribution >= 0.6 is 0 Å². The molecule has 0 aliphatic rings. The van der Waals surface area contributed by atoms with E-state index in [1.54, 1.807) is 0 Å². The van der Waals surface area contributed by atoms with E-state index in [2.05, 4.69) is 24.0 Å². The second kappa shape index (κ2) is 5.73. The van der Waals surface area contributed by atoms with Crippen LogP contribution in [0.3, 0.4) is 0 Å². The highest BCUT2D eigenvalue weighted by Crippen LogP contribution is 2.17. The zero-order valence-corrected chi connectivity index (χ0v) is 9.48. The van der Waals surface area contributed by atoms with Gasteiger partial charge in [0.15, 0.2) is 0 Å². The fraction of sp³-hybridized carbons (Fsp3) is 0.500. The van der Waals surface area contributed by atoms with Crippen molar-refractivity contribution in [2.45, 2.75) is 19.4 Å². The third kappa shape index (κ3) is 3.53. The molecule has 0 amide bonds. The van der Waals surface area contributed by atoms with Crippen molar-refractivity contribution in [3.63, 3.8) is 0 Å². The highest BCUT2D eigenvalue weighted by atomic mass is 16.3. The van der Waals surface area contributed by atoms with Crippen molar-refractivity contribution >= 4 is 5.69 Å². The van der Waals surface area contributed by atoms with E-state index in [0.717, 1.165) is 13.0 Å². The molecule has 1 aromatic rings. The van der Waals surface area contributed by atoms with Gasteiger partial charge in [0, 0.05) is 25.3 Å². The third-order valence-corrected chi connectivity index (χ3v) is 2.60. The molecule has 0 spiro atoms. The minimum absolute atomic E-state index is 0.0572. The second-order valence-corrected chi connectivity index (χ2v) is 3.94. The molecule has 84 valence electrons. The van der Waals surface area contributed by atoms with Crippen molar-refractivity contribution in [3.05, 3.63) is 29.8 Å². The van der Waals surface area contributed by atoms with Crippen LogP contribution in [0.15, 0.2) is 24.3 Å². The molecule has 0 aromatic heterocycles. The molecule has 0 aliphatic carbocycles. The van der Waals surface area contributed by atoms with Gasteiger partial charge in [-0.15, -0.1) is 0 Å². The number of nitrogens with two attached hydrogens (primary N) is 1. The van der Waals surface area contributed by atoms with Crippen LogP contribution in [0.5, 0.6) is 0 Å². The van der Waals surface area contributed by atoms with E-state index in [-0.39, 0.29) is 12.6 Å². The number of benzene rings is 1. The van der Waals surface area contributed by atoms with Crippen LogP contribution in [-0.4, -0.2) is 31.3 Å². The maximum atomic E-state index is 8.83. The fourth-order valence-electron chi connectivity index (χ4n) is 1.56. The second-order valence-electron chi connectivity index (χ2n) is 3.94. The number of hydrogen-bond acceptors (Lipinski definition) is 3. The zero-order chi connectivity index (χ0) is 11.3. The monoisotopic (exact) mass is 208 g/mol. The number of nitrogens with zero attached hydrogens (tertiary/aromatic N) is 1. The van der Waals surface area contributed by atoms with Crippen molar-refractivity contribution in [1.29, 1.82) is 0 Å². The number of rotatable bonds is 5. The Morgan fingerprint density at radius 1 is 1.40 bits per heavy atom. The predicted octanol–water partition coefficient (Wildman–Crippen LogP) is 1.14. The molecule has 1 rings (SSSR count). The van der Waals surface area contributed by atoms with E-state index >= 15 is 0 Å². The molecule has 3 heteroatoms. The Morgan fingerprint density at radius 3 is 2.67 bits per heavy atom. The topological polar surface area (TPSA) is 49.5 Å². The summed E-state index contributed by atoms with van der Waals surface area (Å²) in [5.41, 5.74) is 8.15. The van der Waals surface area contributed by atoms with Gasteiger partial charge in [0.1, 0.15) is 0 Å². The highest BCUT2D eigenvalue weighted by molar-refractivity contribution is 5.52. The van der Waals surface area contributed by atoms with E-state index in [9.17, 15) is 0 Å². The van der Waals surface area contributed by atoms with E-state index in [4.69, 9.17) is 10.8 Å². The molecular weight excluding hydrogens is 188 g/mol. The summed E-state index contributed by atoms with van der Waals surface area (Å²) in [6, 6.07) is 8.14. The van der Waals surface area contributed by atoms with E-state index in [1.807, 2.05) is 19.2 Å². The predicted molar refractivity (Wildman–Crippen MR) is 64.1 cm³/mol. The van der Waals surface area contributed by atoms with Crippen LogP contribution in [0.25, 0.3) is 0 Å². The van der Waals surface area contributed by atoms with E-state index in [1.165, 1.54) is 11.3 Å². The van der Waals surface area contributed by atoms with Crippen molar-refractivity contribution < 1.29 is 5.11 Å². The Labute approximate surface area is 91.5 Å². The Hall–Kier alpha value is -1.06. The van der Waals surface area contributed by atoms with E-state index < -0.39 is 0 Å². The molecule has 0 saturated heterocycles. The van der Waals surface area contributed by atoms with Crippen LogP contribution in [0.2, 0.25) is 0 Å². The number of aliphatic hydroxyl groups excluding tert-OH is 1. The first-order valence-corrected chi connectivity index (χ1v) is 5.28. The van der Waals surface area contributed by atoms with Gasteiger partial charge in [-0.2, -0.15) is 0 Å². The summed E-state index contributed by atoms with van der Waals surface area (Å²) >= 11 is 0. The standard InChI is InChI=1S/C12H20N2O/c1-10-5-3-4-6-12(10)14(2)8-7-11(13)9-15/h3-6,11,15H,7-9,13H2,1-2H3. The van der Waals surface area contributed by atoms with Crippen molar-refractivity contribution in [1.82, 2.24) is 0 Å². The molecule has 1 atom stereocenters. The molecule has 0 fully saturated rings. The largest absolute Gasteiger partial charge is 0.395 e. The summed E-state index contributed by atoms with van der Waals surface area (Å²) in [6.45, 7) is 3.02. The summed E-state index contributed by atoms with van der Waals surface area (Å²) in [7, 11) is 2.05. The number of anilines is 1. The van der Waals surface area contributed by atoms with Gasteiger partial charge < -0.3 is 15.7 Å². The van der Waals surface area contributed by atoms with Gasteiger partial charge >= 0.3 is 0 Å². The van der Waals surface area contributed by atoms with Crippen LogP contribution in [0.4, 0.5) is 5.69 Å². The smallest absolute Gasteiger partial charge is 0.0583 e. The highest BCUT2D eigenvalue weighted by Gasteiger charge is 2.06.